The van der Waals surface area contributed by atoms with Crippen molar-refractivity contribution < 1.29 is 14.6 Å². The number of phenols is 1. The number of phenolic OH excluding ortho intramolecular Hbond substituents is 1. The van der Waals surface area contributed by atoms with Gasteiger partial charge in [0.25, 0.3) is 0 Å². The Hall–Kier alpha value is -3.47. The minimum atomic E-state index is -0.363. The number of fused-ring (bicyclic) bond motifs is 3. The first-order chi connectivity index (χ1) is 13.7. The SMILES string of the molecule is COc1cccc([C@H]2Oc3ccccc3[C@H]3CC(c4ccccc4O)=NN32)c1. The molecule has 0 saturated carbocycles. The first-order valence-corrected chi connectivity index (χ1v) is 9.28. The number of rotatable bonds is 3. The van der Waals surface area contributed by atoms with Gasteiger partial charge in [0.2, 0.25) is 6.23 Å². The van der Waals surface area contributed by atoms with Gasteiger partial charge in [-0.25, -0.2) is 5.01 Å². The number of nitrogens with zero attached hydrogens (tertiary/aromatic N) is 2. The van der Waals surface area contributed by atoms with Crippen molar-refractivity contribution in [2.24, 2.45) is 5.10 Å². The van der Waals surface area contributed by atoms with Crippen molar-refractivity contribution in [1.29, 1.82) is 0 Å². The molecule has 0 aliphatic carbocycles. The number of hydrazone groups is 1. The van der Waals surface area contributed by atoms with Crippen LogP contribution in [0.2, 0.25) is 0 Å². The summed E-state index contributed by atoms with van der Waals surface area (Å²) in [5.41, 5.74) is 3.70. The highest BCUT2D eigenvalue weighted by Crippen LogP contribution is 2.48. The molecule has 140 valence electrons. The van der Waals surface area contributed by atoms with Crippen LogP contribution < -0.4 is 9.47 Å². The van der Waals surface area contributed by atoms with Gasteiger partial charge in [0.05, 0.1) is 18.9 Å². The van der Waals surface area contributed by atoms with Crippen molar-refractivity contribution in [3.8, 4) is 17.2 Å². The molecule has 0 saturated heterocycles. The van der Waals surface area contributed by atoms with Gasteiger partial charge in [-0.2, -0.15) is 5.10 Å². The Balaban J connectivity index is 1.61. The fourth-order valence-corrected chi connectivity index (χ4v) is 3.93. The quantitative estimate of drug-likeness (QED) is 0.728. The van der Waals surface area contributed by atoms with E-state index in [9.17, 15) is 5.11 Å². The molecule has 2 aliphatic rings. The van der Waals surface area contributed by atoms with Crippen molar-refractivity contribution in [3.05, 3.63) is 89.5 Å². The zero-order valence-corrected chi connectivity index (χ0v) is 15.4. The van der Waals surface area contributed by atoms with Gasteiger partial charge in [0.1, 0.15) is 17.2 Å². The second-order valence-electron chi connectivity index (χ2n) is 6.95. The van der Waals surface area contributed by atoms with Gasteiger partial charge in [-0.3, -0.25) is 0 Å². The largest absolute Gasteiger partial charge is 0.507 e. The molecule has 2 aliphatic heterocycles. The van der Waals surface area contributed by atoms with Crippen molar-refractivity contribution in [1.82, 2.24) is 5.01 Å². The summed E-state index contributed by atoms with van der Waals surface area (Å²) in [4.78, 5) is 0. The van der Waals surface area contributed by atoms with Gasteiger partial charge in [-0.15, -0.1) is 0 Å². The van der Waals surface area contributed by atoms with Crippen LogP contribution in [0.15, 0.2) is 77.9 Å². The normalized spacial score (nSPS) is 20.0. The van der Waals surface area contributed by atoms with Crippen molar-refractivity contribution >= 4 is 5.71 Å². The van der Waals surface area contributed by atoms with E-state index in [1.165, 1.54) is 0 Å². The number of para-hydroxylation sites is 2. The zero-order chi connectivity index (χ0) is 19.1. The minimum absolute atomic E-state index is 0.0516. The molecule has 28 heavy (non-hydrogen) atoms. The molecule has 0 bridgehead atoms. The molecule has 5 rings (SSSR count). The van der Waals surface area contributed by atoms with Crippen LogP contribution in [0.3, 0.4) is 0 Å². The summed E-state index contributed by atoms with van der Waals surface area (Å²) in [6, 6.07) is 23.3. The average Bonchev–Trinajstić information content (AvgIpc) is 3.19. The Kier molecular flexibility index (Phi) is 3.93. The molecule has 0 aromatic heterocycles. The second kappa shape index (κ2) is 6.60. The van der Waals surface area contributed by atoms with Crippen molar-refractivity contribution in [2.45, 2.75) is 18.7 Å². The Bertz CT molecular complexity index is 1060. The van der Waals surface area contributed by atoms with Crippen LogP contribution in [-0.2, 0) is 0 Å². The van der Waals surface area contributed by atoms with E-state index in [1.807, 2.05) is 65.7 Å². The number of hydrogen-bond acceptors (Lipinski definition) is 5. The molecule has 3 aromatic carbocycles. The second-order valence-corrected chi connectivity index (χ2v) is 6.95. The van der Waals surface area contributed by atoms with E-state index in [-0.39, 0.29) is 18.0 Å². The molecule has 0 fully saturated rings. The summed E-state index contributed by atoms with van der Waals surface area (Å²) in [5, 5.41) is 17.2. The van der Waals surface area contributed by atoms with E-state index in [4.69, 9.17) is 14.6 Å². The van der Waals surface area contributed by atoms with Crippen LogP contribution in [-0.4, -0.2) is 22.9 Å². The molecule has 3 aromatic rings. The lowest BCUT2D eigenvalue weighted by atomic mass is 9.95. The minimum Gasteiger partial charge on any atom is -0.507 e. The molecule has 2 heterocycles. The highest BCUT2D eigenvalue weighted by molar-refractivity contribution is 6.04. The van der Waals surface area contributed by atoms with E-state index in [0.717, 1.165) is 33.9 Å². The molecule has 5 heteroatoms. The topological polar surface area (TPSA) is 54.3 Å². The van der Waals surface area contributed by atoms with Gasteiger partial charge in [0, 0.05) is 23.1 Å². The number of methoxy groups -OCH3 is 1. The van der Waals surface area contributed by atoms with E-state index in [1.54, 1.807) is 13.2 Å². The Labute approximate surface area is 163 Å². The van der Waals surface area contributed by atoms with Gasteiger partial charge in [-0.1, -0.05) is 42.5 Å². The molecule has 2 atom stereocenters. The van der Waals surface area contributed by atoms with Gasteiger partial charge in [0.15, 0.2) is 0 Å². The Morgan fingerprint density at radius 1 is 1.04 bits per heavy atom. The highest BCUT2D eigenvalue weighted by atomic mass is 16.5. The third-order valence-electron chi connectivity index (χ3n) is 5.29. The maximum absolute atomic E-state index is 10.3. The summed E-state index contributed by atoms with van der Waals surface area (Å²) in [5.74, 6) is 1.89. The van der Waals surface area contributed by atoms with Crippen LogP contribution in [0, 0.1) is 0 Å². The number of ether oxygens (including phenoxy) is 2. The lowest BCUT2D eigenvalue weighted by Crippen LogP contribution is -2.33. The standard InChI is InChI=1S/C23H20N2O3/c1-27-16-8-6-7-15(13-16)23-25-20(18-10-3-5-12-22(18)28-23)14-19(24-25)17-9-2-4-11-21(17)26/h2-13,20,23,26H,14H2,1H3/t20-,23-/m1/s1. The van der Waals surface area contributed by atoms with Crippen molar-refractivity contribution in [3.63, 3.8) is 0 Å². The predicted octanol–water partition coefficient (Wildman–Crippen LogP) is 4.64. The third-order valence-corrected chi connectivity index (χ3v) is 5.29. The van der Waals surface area contributed by atoms with E-state index in [2.05, 4.69) is 6.07 Å². The van der Waals surface area contributed by atoms with Crippen LogP contribution in [0.4, 0.5) is 0 Å². The Morgan fingerprint density at radius 3 is 2.71 bits per heavy atom. The molecule has 0 radical (unpaired) electrons. The molecule has 1 N–H and O–H groups in total. The zero-order valence-electron chi connectivity index (χ0n) is 15.4. The van der Waals surface area contributed by atoms with Crippen LogP contribution in [0.1, 0.15) is 35.4 Å². The molecule has 0 amide bonds. The van der Waals surface area contributed by atoms with E-state index >= 15 is 0 Å². The number of hydrogen-bond donors (Lipinski definition) is 1. The van der Waals surface area contributed by atoms with Gasteiger partial charge in [-0.05, 0) is 30.3 Å². The van der Waals surface area contributed by atoms with Crippen LogP contribution >= 0.6 is 0 Å². The smallest absolute Gasteiger partial charge is 0.214 e. The Morgan fingerprint density at radius 2 is 1.86 bits per heavy atom. The average molecular weight is 372 g/mol. The fourth-order valence-electron chi connectivity index (χ4n) is 3.93. The lowest BCUT2D eigenvalue weighted by Gasteiger charge is -2.38. The molecule has 0 spiro atoms. The highest BCUT2D eigenvalue weighted by Gasteiger charge is 2.41. The van der Waals surface area contributed by atoms with E-state index < -0.39 is 0 Å². The molecular weight excluding hydrogens is 352 g/mol. The maximum atomic E-state index is 10.3. The molecule has 0 unspecified atom stereocenters. The van der Waals surface area contributed by atoms with Crippen LogP contribution in [0.5, 0.6) is 17.2 Å². The van der Waals surface area contributed by atoms with E-state index in [0.29, 0.717) is 6.42 Å². The first-order valence-electron chi connectivity index (χ1n) is 9.28. The first kappa shape index (κ1) is 16.7. The fraction of sp³-hybridized carbons (Fsp3) is 0.174. The maximum Gasteiger partial charge on any atom is 0.214 e. The summed E-state index contributed by atoms with van der Waals surface area (Å²) in [7, 11) is 1.66. The monoisotopic (exact) mass is 372 g/mol. The third kappa shape index (κ3) is 2.67. The molecule has 5 nitrogen and oxygen atoms in total. The lowest BCUT2D eigenvalue weighted by molar-refractivity contribution is -0.0191. The summed E-state index contributed by atoms with van der Waals surface area (Å²) in [6.07, 6.45) is 0.344. The number of aromatic hydroxyl groups is 1. The van der Waals surface area contributed by atoms with Gasteiger partial charge < -0.3 is 14.6 Å². The van der Waals surface area contributed by atoms with Gasteiger partial charge >= 0.3 is 0 Å². The van der Waals surface area contributed by atoms with Crippen molar-refractivity contribution in [2.75, 3.05) is 7.11 Å². The predicted molar refractivity (Wildman–Crippen MR) is 107 cm³/mol. The van der Waals surface area contributed by atoms with Crippen LogP contribution in [0.25, 0.3) is 0 Å². The number of benzene rings is 3. The molecular formula is C23H20N2O3. The summed E-state index contributed by atoms with van der Waals surface area (Å²) < 4.78 is 11.7. The summed E-state index contributed by atoms with van der Waals surface area (Å²) >= 11 is 0. The summed E-state index contributed by atoms with van der Waals surface area (Å²) in [6.45, 7) is 0.